The predicted molar refractivity (Wildman–Crippen MR) is 233 cm³/mol. The Morgan fingerprint density at radius 1 is 0.259 bits per heavy atom. The minimum absolute atomic E-state index is 1.11. The number of rotatable bonds is 7. The molecule has 0 unspecified atom stereocenters. The first kappa shape index (κ1) is 32.0. The number of benzene rings is 9. The zero-order chi connectivity index (χ0) is 35.8. The van der Waals surface area contributed by atoms with E-state index in [4.69, 9.17) is 0 Å². The number of thiophene rings is 1. The van der Waals surface area contributed by atoms with Crippen LogP contribution in [0.1, 0.15) is 0 Å². The summed E-state index contributed by atoms with van der Waals surface area (Å²) in [5.41, 5.74) is 13.0. The van der Waals surface area contributed by atoms with E-state index < -0.39 is 0 Å². The first-order valence-corrected chi connectivity index (χ1v) is 19.3. The molecule has 0 fully saturated rings. The molecule has 10 aromatic rings. The summed E-state index contributed by atoms with van der Waals surface area (Å²) < 4.78 is 1.31. The summed E-state index contributed by atoms with van der Waals surface area (Å²) >= 11 is 1.79. The van der Waals surface area contributed by atoms with Gasteiger partial charge in [0.05, 0.1) is 0 Å². The Hall–Kier alpha value is -6.74. The van der Waals surface area contributed by atoms with Gasteiger partial charge in [0.15, 0.2) is 0 Å². The van der Waals surface area contributed by atoms with Crippen molar-refractivity contribution in [1.82, 2.24) is 0 Å². The molecule has 0 bridgehead atoms. The van der Waals surface area contributed by atoms with Crippen molar-refractivity contribution in [3.63, 3.8) is 0 Å². The molecule has 9 aromatic carbocycles. The van der Waals surface area contributed by atoms with E-state index in [1.807, 2.05) is 0 Å². The molecule has 1 nitrogen and oxygen atoms in total. The monoisotopic (exact) mass is 705 g/mol. The third-order valence-electron chi connectivity index (χ3n) is 10.5. The Morgan fingerprint density at radius 2 is 0.593 bits per heavy atom. The third-order valence-corrected chi connectivity index (χ3v) is 11.4. The Kier molecular flexibility index (Phi) is 8.09. The van der Waals surface area contributed by atoms with Crippen molar-refractivity contribution in [2.24, 2.45) is 0 Å². The minimum atomic E-state index is 1.11. The molecule has 10 rings (SSSR count). The molecular formula is C52H35NS. The molecule has 0 radical (unpaired) electrons. The molecule has 0 N–H and O–H groups in total. The van der Waals surface area contributed by atoms with E-state index in [1.54, 1.807) is 11.3 Å². The highest BCUT2D eigenvalue weighted by molar-refractivity contribution is 7.17. The summed E-state index contributed by atoms with van der Waals surface area (Å²) in [6.45, 7) is 0. The average molecular weight is 706 g/mol. The molecule has 0 aliphatic heterocycles. The highest BCUT2D eigenvalue weighted by Crippen LogP contribution is 2.39. The van der Waals surface area contributed by atoms with Crippen LogP contribution in [0.5, 0.6) is 0 Å². The van der Waals surface area contributed by atoms with E-state index in [0.717, 1.165) is 17.1 Å². The van der Waals surface area contributed by atoms with Crippen LogP contribution in [0, 0.1) is 0 Å². The van der Waals surface area contributed by atoms with E-state index in [1.165, 1.54) is 76.1 Å². The molecule has 1 heterocycles. The van der Waals surface area contributed by atoms with Crippen molar-refractivity contribution >= 4 is 60.0 Å². The summed E-state index contributed by atoms with van der Waals surface area (Å²) in [6, 6.07) is 75.2. The predicted octanol–water partition coefficient (Wildman–Crippen LogP) is 15.3. The minimum Gasteiger partial charge on any atom is -0.311 e. The van der Waals surface area contributed by atoms with Gasteiger partial charge in [0, 0.05) is 21.8 Å². The Balaban J connectivity index is 0.975. The SMILES string of the molecule is c1ccc2cc(-c3ccc(-c4ccc(N(c5ccc(-c6ccc7ccccc7c6)cc5)c5ccc(-c6ccc7ccsc7c6)cc5)cc4)cc3)ccc2c1. The number of fused-ring (bicyclic) bond motifs is 3. The Labute approximate surface area is 319 Å². The van der Waals surface area contributed by atoms with Gasteiger partial charge < -0.3 is 4.90 Å². The standard InChI is InChI=1S/C52H35NS/c1-3-7-44-33-46(16-13-36(44)5-1)40-11-9-38(10-12-40)39-19-25-49(26-20-39)53(51-29-23-42(24-30-51)48-18-15-43-31-32-54-52(43)35-48)50-27-21-41(22-28-50)47-17-14-37-6-2-4-8-45(37)34-47/h1-35H. The van der Waals surface area contributed by atoms with E-state index in [-0.39, 0.29) is 0 Å². The van der Waals surface area contributed by atoms with Gasteiger partial charge in [0.25, 0.3) is 0 Å². The highest BCUT2D eigenvalue weighted by Gasteiger charge is 2.14. The third kappa shape index (κ3) is 6.13. The molecule has 0 amide bonds. The van der Waals surface area contributed by atoms with Crippen molar-refractivity contribution < 1.29 is 0 Å². The smallest absolute Gasteiger partial charge is 0.0462 e. The highest BCUT2D eigenvalue weighted by atomic mass is 32.1. The van der Waals surface area contributed by atoms with Gasteiger partial charge in [-0.25, -0.2) is 0 Å². The van der Waals surface area contributed by atoms with Crippen LogP contribution in [0.15, 0.2) is 212 Å². The molecule has 1 aromatic heterocycles. The largest absolute Gasteiger partial charge is 0.311 e. The van der Waals surface area contributed by atoms with Crippen LogP contribution in [0.3, 0.4) is 0 Å². The van der Waals surface area contributed by atoms with E-state index in [0.29, 0.717) is 0 Å². The number of nitrogens with zero attached hydrogens (tertiary/aromatic N) is 1. The average Bonchev–Trinajstić information content (AvgIpc) is 3.73. The quantitative estimate of drug-likeness (QED) is 0.160. The zero-order valence-corrected chi connectivity index (χ0v) is 30.4. The summed E-state index contributed by atoms with van der Waals surface area (Å²) in [5.74, 6) is 0. The van der Waals surface area contributed by atoms with Gasteiger partial charge in [-0.2, -0.15) is 0 Å². The van der Waals surface area contributed by atoms with Gasteiger partial charge in [0.1, 0.15) is 0 Å². The van der Waals surface area contributed by atoms with Crippen molar-refractivity contribution in [2.45, 2.75) is 0 Å². The number of hydrogen-bond donors (Lipinski definition) is 0. The van der Waals surface area contributed by atoms with Gasteiger partial charge >= 0.3 is 0 Å². The lowest BCUT2D eigenvalue weighted by Gasteiger charge is -2.26. The second-order valence-corrected chi connectivity index (χ2v) is 14.8. The maximum Gasteiger partial charge on any atom is 0.0462 e. The number of hydrogen-bond acceptors (Lipinski definition) is 2. The first-order chi connectivity index (χ1) is 26.7. The van der Waals surface area contributed by atoms with Crippen molar-refractivity contribution in [3.8, 4) is 44.5 Å². The lowest BCUT2D eigenvalue weighted by atomic mass is 9.98. The normalized spacial score (nSPS) is 11.3. The Bertz CT molecular complexity index is 2900. The van der Waals surface area contributed by atoms with Crippen LogP contribution in [-0.4, -0.2) is 0 Å². The van der Waals surface area contributed by atoms with Crippen LogP contribution in [0.4, 0.5) is 17.1 Å². The van der Waals surface area contributed by atoms with Gasteiger partial charge in [-0.3, -0.25) is 0 Å². The molecule has 0 saturated heterocycles. The van der Waals surface area contributed by atoms with Crippen LogP contribution >= 0.6 is 11.3 Å². The lowest BCUT2D eigenvalue weighted by molar-refractivity contribution is 1.28. The lowest BCUT2D eigenvalue weighted by Crippen LogP contribution is -2.09. The molecular weight excluding hydrogens is 671 g/mol. The van der Waals surface area contributed by atoms with Crippen LogP contribution in [0.25, 0.3) is 76.1 Å². The molecule has 2 heteroatoms. The second-order valence-electron chi connectivity index (χ2n) is 13.9. The molecule has 0 atom stereocenters. The van der Waals surface area contributed by atoms with E-state index in [2.05, 4.69) is 217 Å². The van der Waals surface area contributed by atoms with Gasteiger partial charge in [-0.15, -0.1) is 11.3 Å². The van der Waals surface area contributed by atoms with Crippen LogP contribution in [0.2, 0.25) is 0 Å². The van der Waals surface area contributed by atoms with Crippen LogP contribution < -0.4 is 4.90 Å². The fraction of sp³-hybridized carbons (Fsp3) is 0. The molecule has 0 spiro atoms. The van der Waals surface area contributed by atoms with Gasteiger partial charge in [0.2, 0.25) is 0 Å². The molecule has 0 aliphatic rings. The fourth-order valence-corrected chi connectivity index (χ4v) is 8.41. The fourth-order valence-electron chi connectivity index (χ4n) is 7.58. The number of anilines is 3. The summed E-state index contributed by atoms with van der Waals surface area (Å²) in [6.07, 6.45) is 0. The van der Waals surface area contributed by atoms with Crippen LogP contribution in [-0.2, 0) is 0 Å². The topological polar surface area (TPSA) is 3.24 Å². The Morgan fingerprint density at radius 3 is 1.04 bits per heavy atom. The van der Waals surface area contributed by atoms with Crippen molar-refractivity contribution in [1.29, 1.82) is 0 Å². The van der Waals surface area contributed by atoms with Gasteiger partial charge in [-0.05, 0) is 137 Å². The van der Waals surface area contributed by atoms with Gasteiger partial charge in [-0.1, -0.05) is 146 Å². The molecule has 254 valence electrons. The maximum atomic E-state index is 2.35. The zero-order valence-electron chi connectivity index (χ0n) is 29.6. The summed E-state index contributed by atoms with van der Waals surface area (Å²) in [5, 5.41) is 8.49. The molecule has 0 aliphatic carbocycles. The maximum absolute atomic E-state index is 2.35. The molecule has 0 saturated carbocycles. The van der Waals surface area contributed by atoms with E-state index >= 15 is 0 Å². The second kappa shape index (κ2) is 13.7. The molecule has 54 heavy (non-hydrogen) atoms. The summed E-state index contributed by atoms with van der Waals surface area (Å²) in [7, 11) is 0. The summed E-state index contributed by atoms with van der Waals surface area (Å²) in [4.78, 5) is 2.35. The van der Waals surface area contributed by atoms with Crippen molar-refractivity contribution in [3.05, 3.63) is 212 Å². The first-order valence-electron chi connectivity index (χ1n) is 18.4. The van der Waals surface area contributed by atoms with E-state index in [9.17, 15) is 0 Å². The van der Waals surface area contributed by atoms with Crippen molar-refractivity contribution in [2.75, 3.05) is 4.90 Å².